The molecule has 2 unspecified atom stereocenters. The maximum Gasteiger partial charge on any atom is 0.410 e. The van der Waals surface area contributed by atoms with E-state index in [1.807, 2.05) is 13.8 Å². The van der Waals surface area contributed by atoms with Gasteiger partial charge in [-0.25, -0.2) is 4.79 Å². The van der Waals surface area contributed by atoms with Gasteiger partial charge in [0.05, 0.1) is 25.3 Å². The first kappa shape index (κ1) is 14.2. The number of halogens is 3. The first-order valence-electron chi connectivity index (χ1n) is 4.92. The van der Waals surface area contributed by atoms with Gasteiger partial charge in [0, 0.05) is 0 Å². The van der Waals surface area contributed by atoms with E-state index in [-0.39, 0.29) is 18.8 Å². The van der Waals surface area contributed by atoms with Crippen molar-refractivity contribution in [1.29, 1.82) is 0 Å². The molecular weight excluding hydrogens is 276 g/mol. The topological polar surface area (TPSA) is 38.8 Å². The fourth-order valence-electron chi connectivity index (χ4n) is 1.56. The molecule has 16 heavy (non-hydrogen) atoms. The van der Waals surface area contributed by atoms with E-state index in [9.17, 15) is 4.79 Å². The summed E-state index contributed by atoms with van der Waals surface area (Å²) in [6.07, 6.45) is -0.499. The van der Waals surface area contributed by atoms with Gasteiger partial charge in [-0.05, 0) is 13.8 Å². The fraction of sp³-hybridized carbons (Fsp3) is 0.889. The van der Waals surface area contributed by atoms with Crippen molar-refractivity contribution in [1.82, 2.24) is 4.90 Å². The number of ether oxygens (including phenoxy) is 2. The van der Waals surface area contributed by atoms with Crippen LogP contribution in [0.25, 0.3) is 0 Å². The van der Waals surface area contributed by atoms with Crippen LogP contribution in [-0.4, -0.2) is 46.7 Å². The van der Waals surface area contributed by atoms with Gasteiger partial charge in [0.1, 0.15) is 6.61 Å². The van der Waals surface area contributed by atoms with E-state index in [1.54, 1.807) is 4.90 Å². The van der Waals surface area contributed by atoms with Crippen molar-refractivity contribution in [2.24, 2.45) is 0 Å². The Morgan fingerprint density at radius 2 is 1.88 bits per heavy atom. The van der Waals surface area contributed by atoms with Gasteiger partial charge in [-0.1, -0.05) is 34.8 Å². The largest absolute Gasteiger partial charge is 0.445 e. The molecule has 0 aromatic heterocycles. The lowest BCUT2D eigenvalue weighted by atomic mass is 10.2. The summed E-state index contributed by atoms with van der Waals surface area (Å²) in [7, 11) is 0. The lowest BCUT2D eigenvalue weighted by Gasteiger charge is -2.34. The average molecular weight is 291 g/mol. The third-order valence-electron chi connectivity index (χ3n) is 2.04. The van der Waals surface area contributed by atoms with Crippen molar-refractivity contribution in [2.45, 2.75) is 29.8 Å². The van der Waals surface area contributed by atoms with Crippen LogP contribution in [-0.2, 0) is 9.47 Å². The Kier molecular flexibility index (Phi) is 4.98. The number of amides is 1. The minimum Gasteiger partial charge on any atom is -0.445 e. The number of alkyl halides is 3. The maximum absolute atomic E-state index is 11.6. The summed E-state index contributed by atoms with van der Waals surface area (Å²) in [5.41, 5.74) is 0. The number of nitrogens with zero attached hydrogens (tertiary/aromatic N) is 1. The number of morpholine rings is 1. The number of rotatable bonds is 1. The van der Waals surface area contributed by atoms with Crippen molar-refractivity contribution < 1.29 is 14.3 Å². The third-order valence-corrected chi connectivity index (χ3v) is 2.36. The summed E-state index contributed by atoms with van der Waals surface area (Å²) in [5.74, 6) is 0. The molecule has 1 saturated heterocycles. The van der Waals surface area contributed by atoms with Gasteiger partial charge in [0.2, 0.25) is 3.79 Å². The molecule has 4 nitrogen and oxygen atoms in total. The molecule has 7 heteroatoms. The SMILES string of the molecule is CC1CN(C(=O)OCC(Cl)(Cl)Cl)CC(C)O1. The molecular formula is C9H14Cl3NO3. The lowest BCUT2D eigenvalue weighted by Crippen LogP contribution is -2.48. The van der Waals surface area contributed by atoms with E-state index in [0.717, 1.165) is 0 Å². The first-order valence-corrected chi connectivity index (χ1v) is 6.05. The van der Waals surface area contributed by atoms with Crippen molar-refractivity contribution in [3.63, 3.8) is 0 Å². The number of carbonyl (C=O) groups excluding carboxylic acids is 1. The Morgan fingerprint density at radius 1 is 1.38 bits per heavy atom. The second-order valence-corrected chi connectivity index (χ2v) is 6.35. The van der Waals surface area contributed by atoms with Gasteiger partial charge in [-0.2, -0.15) is 0 Å². The van der Waals surface area contributed by atoms with Gasteiger partial charge in [0.15, 0.2) is 0 Å². The summed E-state index contributed by atoms with van der Waals surface area (Å²) < 4.78 is 8.79. The normalized spacial score (nSPS) is 26.7. The molecule has 0 aliphatic carbocycles. The van der Waals surface area contributed by atoms with Crippen LogP contribution in [0.5, 0.6) is 0 Å². The molecule has 0 radical (unpaired) electrons. The lowest BCUT2D eigenvalue weighted by molar-refractivity contribution is -0.0636. The Labute approximate surface area is 110 Å². The number of carbonyl (C=O) groups is 1. The van der Waals surface area contributed by atoms with Gasteiger partial charge in [0.25, 0.3) is 0 Å². The smallest absolute Gasteiger partial charge is 0.410 e. The Hall–Kier alpha value is 0.1000. The maximum atomic E-state index is 11.6. The van der Waals surface area contributed by atoms with Crippen LogP contribution < -0.4 is 0 Å². The van der Waals surface area contributed by atoms with E-state index in [1.165, 1.54) is 0 Å². The van der Waals surface area contributed by atoms with Crippen molar-refractivity contribution in [3.8, 4) is 0 Å². The molecule has 0 N–H and O–H groups in total. The first-order chi connectivity index (χ1) is 7.28. The van der Waals surface area contributed by atoms with E-state index in [2.05, 4.69) is 0 Å². The molecule has 0 saturated carbocycles. The van der Waals surface area contributed by atoms with E-state index >= 15 is 0 Å². The predicted molar refractivity (Wildman–Crippen MR) is 63.2 cm³/mol. The molecule has 1 rings (SSSR count). The summed E-state index contributed by atoms with van der Waals surface area (Å²) in [6, 6.07) is 0. The second kappa shape index (κ2) is 5.63. The van der Waals surface area contributed by atoms with Gasteiger partial charge in [-0.3, -0.25) is 0 Å². The third kappa shape index (κ3) is 4.95. The molecule has 0 spiro atoms. The van der Waals surface area contributed by atoms with Crippen LogP contribution in [0.1, 0.15) is 13.8 Å². The number of hydrogen-bond donors (Lipinski definition) is 0. The fourth-order valence-corrected chi connectivity index (χ4v) is 1.73. The predicted octanol–water partition coefficient (Wildman–Crippen LogP) is 2.60. The summed E-state index contributed by atoms with van der Waals surface area (Å²) >= 11 is 16.5. The highest BCUT2D eigenvalue weighted by molar-refractivity contribution is 6.67. The summed E-state index contributed by atoms with van der Waals surface area (Å²) in [6.45, 7) is 4.51. The van der Waals surface area contributed by atoms with Crippen LogP contribution in [0.2, 0.25) is 0 Å². The summed E-state index contributed by atoms with van der Waals surface area (Å²) in [4.78, 5) is 13.2. The molecule has 0 bridgehead atoms. The Bertz CT molecular complexity index is 247. The van der Waals surface area contributed by atoms with Crippen LogP contribution in [0.15, 0.2) is 0 Å². The van der Waals surface area contributed by atoms with E-state index < -0.39 is 9.89 Å². The molecule has 2 atom stereocenters. The highest BCUT2D eigenvalue weighted by Crippen LogP contribution is 2.26. The number of hydrogen-bond acceptors (Lipinski definition) is 3. The van der Waals surface area contributed by atoms with Crippen LogP contribution in [0.4, 0.5) is 4.79 Å². The Morgan fingerprint density at radius 3 is 2.31 bits per heavy atom. The molecule has 1 aliphatic rings. The van der Waals surface area contributed by atoms with Crippen molar-refractivity contribution in [3.05, 3.63) is 0 Å². The van der Waals surface area contributed by atoms with Gasteiger partial charge in [-0.15, -0.1) is 0 Å². The van der Waals surface area contributed by atoms with Crippen molar-refractivity contribution >= 4 is 40.9 Å². The standard InChI is InChI=1S/C9H14Cl3NO3/c1-6-3-13(4-7(2)16-6)8(14)15-5-9(10,11)12/h6-7H,3-5H2,1-2H3. The molecule has 94 valence electrons. The molecule has 1 aliphatic heterocycles. The zero-order valence-corrected chi connectivity index (χ0v) is 11.3. The highest BCUT2D eigenvalue weighted by Gasteiger charge is 2.29. The zero-order valence-electron chi connectivity index (χ0n) is 9.08. The molecule has 1 fully saturated rings. The average Bonchev–Trinajstić information content (AvgIpc) is 2.11. The van der Waals surface area contributed by atoms with Crippen LogP contribution in [0, 0.1) is 0 Å². The molecule has 1 heterocycles. The monoisotopic (exact) mass is 289 g/mol. The quantitative estimate of drug-likeness (QED) is 0.697. The van der Waals surface area contributed by atoms with Crippen LogP contribution in [0.3, 0.4) is 0 Å². The highest BCUT2D eigenvalue weighted by atomic mass is 35.6. The van der Waals surface area contributed by atoms with Gasteiger partial charge < -0.3 is 14.4 Å². The molecule has 1 amide bonds. The zero-order chi connectivity index (χ0) is 12.3. The molecule has 0 aromatic rings. The summed E-state index contributed by atoms with van der Waals surface area (Å²) in [5, 5.41) is 0. The second-order valence-electron chi connectivity index (χ2n) is 3.83. The minimum atomic E-state index is -1.57. The van der Waals surface area contributed by atoms with E-state index in [0.29, 0.717) is 13.1 Å². The molecule has 0 aromatic carbocycles. The Balaban J connectivity index is 2.41. The van der Waals surface area contributed by atoms with Crippen molar-refractivity contribution in [2.75, 3.05) is 19.7 Å². The minimum absolute atomic E-state index is 0.0101. The van der Waals surface area contributed by atoms with Crippen LogP contribution >= 0.6 is 34.8 Å². The van der Waals surface area contributed by atoms with Gasteiger partial charge >= 0.3 is 6.09 Å². The van der Waals surface area contributed by atoms with E-state index in [4.69, 9.17) is 44.3 Å².